The molecule has 17 heavy (non-hydrogen) atoms. The van der Waals surface area contributed by atoms with E-state index >= 15 is 0 Å². The summed E-state index contributed by atoms with van der Waals surface area (Å²) in [6.45, 7) is 11.1. The van der Waals surface area contributed by atoms with Gasteiger partial charge in [-0.05, 0) is 50.4 Å². The second-order valence-corrected chi connectivity index (χ2v) is 6.73. The second kappa shape index (κ2) is 5.88. The van der Waals surface area contributed by atoms with Gasteiger partial charge in [-0.15, -0.1) is 0 Å². The first-order valence-corrected chi connectivity index (χ1v) is 7.15. The molecule has 1 aliphatic rings. The lowest BCUT2D eigenvalue weighted by molar-refractivity contribution is -0.127. The van der Waals surface area contributed by atoms with Gasteiger partial charge in [0.05, 0.1) is 0 Å². The van der Waals surface area contributed by atoms with E-state index in [9.17, 15) is 4.79 Å². The van der Waals surface area contributed by atoms with E-state index in [1.54, 1.807) is 0 Å². The van der Waals surface area contributed by atoms with E-state index in [1.807, 2.05) is 0 Å². The Morgan fingerprint density at radius 2 is 1.76 bits per heavy atom. The van der Waals surface area contributed by atoms with Crippen LogP contribution in [-0.4, -0.2) is 11.9 Å². The third-order valence-electron chi connectivity index (χ3n) is 4.32. The zero-order valence-electron chi connectivity index (χ0n) is 12.2. The molecule has 100 valence electrons. The molecule has 0 aromatic rings. The van der Waals surface area contributed by atoms with Gasteiger partial charge in [-0.25, -0.2) is 0 Å². The summed E-state index contributed by atoms with van der Waals surface area (Å²) < 4.78 is 0. The Bertz CT molecular complexity index is 246. The number of hydrogen-bond acceptors (Lipinski definition) is 1. The predicted molar refractivity (Wildman–Crippen MR) is 72.8 cm³/mol. The predicted octanol–water partition coefficient (Wildman–Crippen LogP) is 3.75. The van der Waals surface area contributed by atoms with Crippen LogP contribution >= 0.6 is 0 Å². The molecule has 1 saturated carbocycles. The molecule has 0 spiro atoms. The second-order valence-electron chi connectivity index (χ2n) is 6.73. The van der Waals surface area contributed by atoms with E-state index in [4.69, 9.17) is 0 Å². The molecule has 0 aromatic heterocycles. The smallest absolute Gasteiger partial charge is 0.223 e. The van der Waals surface area contributed by atoms with E-state index in [2.05, 4.69) is 39.9 Å². The van der Waals surface area contributed by atoms with E-state index < -0.39 is 0 Å². The molecule has 0 aromatic carbocycles. The third kappa shape index (κ3) is 4.33. The highest BCUT2D eigenvalue weighted by Gasteiger charge is 2.32. The molecule has 1 unspecified atom stereocenters. The Hall–Kier alpha value is -0.530. The monoisotopic (exact) mass is 239 g/mol. The van der Waals surface area contributed by atoms with Crippen molar-refractivity contribution in [2.24, 2.45) is 17.3 Å². The summed E-state index contributed by atoms with van der Waals surface area (Å²) in [6.07, 6.45) is 5.58. The van der Waals surface area contributed by atoms with Crippen molar-refractivity contribution >= 4 is 5.91 Å². The Kier molecular flexibility index (Phi) is 5.03. The fraction of sp³-hybridized carbons (Fsp3) is 0.933. The van der Waals surface area contributed by atoms with Crippen LogP contribution < -0.4 is 5.32 Å². The van der Waals surface area contributed by atoms with Crippen molar-refractivity contribution < 1.29 is 4.79 Å². The summed E-state index contributed by atoms with van der Waals surface area (Å²) in [5.41, 5.74) is 0.401. The fourth-order valence-corrected chi connectivity index (χ4v) is 2.68. The van der Waals surface area contributed by atoms with Crippen LogP contribution in [0.15, 0.2) is 0 Å². The maximum atomic E-state index is 12.0. The van der Waals surface area contributed by atoms with Crippen LogP contribution in [0.2, 0.25) is 0 Å². The zero-order chi connectivity index (χ0) is 13.1. The van der Waals surface area contributed by atoms with Gasteiger partial charge in [0.15, 0.2) is 0 Å². The molecule has 1 amide bonds. The van der Waals surface area contributed by atoms with Gasteiger partial charge in [0.1, 0.15) is 0 Å². The van der Waals surface area contributed by atoms with Crippen LogP contribution in [-0.2, 0) is 4.79 Å². The fourth-order valence-electron chi connectivity index (χ4n) is 2.68. The molecule has 1 aliphatic carbocycles. The number of rotatable bonds is 3. The molecule has 1 fully saturated rings. The van der Waals surface area contributed by atoms with Crippen molar-refractivity contribution in [3.8, 4) is 0 Å². The van der Waals surface area contributed by atoms with Crippen molar-refractivity contribution in [1.29, 1.82) is 0 Å². The topological polar surface area (TPSA) is 29.1 Å². The van der Waals surface area contributed by atoms with Gasteiger partial charge in [0.25, 0.3) is 0 Å². The lowest BCUT2D eigenvalue weighted by Gasteiger charge is -2.36. The number of amides is 1. The van der Waals surface area contributed by atoms with Gasteiger partial charge < -0.3 is 5.32 Å². The van der Waals surface area contributed by atoms with Crippen LogP contribution in [0, 0.1) is 17.3 Å². The summed E-state index contributed by atoms with van der Waals surface area (Å²) in [6, 6.07) is 0.322. The first-order chi connectivity index (χ1) is 7.84. The van der Waals surface area contributed by atoms with Gasteiger partial charge in [0.2, 0.25) is 5.91 Å². The Balaban J connectivity index is 2.39. The molecule has 2 heteroatoms. The van der Waals surface area contributed by atoms with Crippen molar-refractivity contribution in [3.63, 3.8) is 0 Å². The molecule has 0 heterocycles. The zero-order valence-corrected chi connectivity index (χ0v) is 12.2. The molecule has 0 saturated heterocycles. The molecule has 1 N–H and O–H groups in total. The normalized spacial score (nSPS) is 27.6. The molecule has 0 radical (unpaired) electrons. The lowest BCUT2D eigenvalue weighted by Crippen LogP contribution is -2.39. The molecule has 0 aliphatic heterocycles. The number of carbonyl (C=O) groups excluding carboxylic acids is 1. The average Bonchev–Trinajstić information content (AvgIpc) is 2.27. The first-order valence-electron chi connectivity index (χ1n) is 7.15. The third-order valence-corrected chi connectivity index (χ3v) is 4.32. The number of nitrogens with one attached hydrogen (secondary N) is 1. The number of carbonyl (C=O) groups is 1. The minimum absolute atomic E-state index is 0.266. The Labute approximate surface area is 107 Å². The van der Waals surface area contributed by atoms with Crippen molar-refractivity contribution in [2.45, 2.75) is 72.8 Å². The van der Waals surface area contributed by atoms with Crippen LogP contribution in [0.4, 0.5) is 0 Å². The highest BCUT2D eigenvalue weighted by molar-refractivity contribution is 5.78. The first kappa shape index (κ1) is 14.5. The highest BCUT2D eigenvalue weighted by atomic mass is 16.1. The van der Waals surface area contributed by atoms with Crippen LogP contribution in [0.5, 0.6) is 0 Å². The van der Waals surface area contributed by atoms with Gasteiger partial charge >= 0.3 is 0 Å². The summed E-state index contributed by atoms with van der Waals surface area (Å²) in [5.74, 6) is 1.34. The van der Waals surface area contributed by atoms with Crippen LogP contribution in [0.1, 0.15) is 66.7 Å². The van der Waals surface area contributed by atoms with Crippen molar-refractivity contribution in [3.05, 3.63) is 0 Å². The SMILES string of the molecule is CCC(C)NC(=O)C1CCC(C(C)(C)C)CC1. The van der Waals surface area contributed by atoms with Gasteiger partial charge in [-0.2, -0.15) is 0 Å². The molecule has 2 nitrogen and oxygen atoms in total. The summed E-state index contributed by atoms with van der Waals surface area (Å²) in [5, 5.41) is 3.11. The highest BCUT2D eigenvalue weighted by Crippen LogP contribution is 2.39. The molecular formula is C15H29NO. The molecule has 1 atom stereocenters. The number of hydrogen-bond donors (Lipinski definition) is 1. The Morgan fingerprint density at radius 1 is 1.24 bits per heavy atom. The van der Waals surface area contributed by atoms with E-state index in [1.165, 1.54) is 12.8 Å². The minimum Gasteiger partial charge on any atom is -0.353 e. The Morgan fingerprint density at radius 3 is 2.18 bits per heavy atom. The summed E-state index contributed by atoms with van der Waals surface area (Å²) in [4.78, 5) is 12.0. The molecule has 0 bridgehead atoms. The van der Waals surface area contributed by atoms with E-state index in [0.717, 1.165) is 25.2 Å². The maximum absolute atomic E-state index is 12.0. The summed E-state index contributed by atoms with van der Waals surface area (Å²) >= 11 is 0. The molecule has 1 rings (SSSR count). The van der Waals surface area contributed by atoms with Gasteiger partial charge in [-0.3, -0.25) is 4.79 Å². The van der Waals surface area contributed by atoms with E-state index in [0.29, 0.717) is 11.5 Å². The largest absolute Gasteiger partial charge is 0.353 e. The average molecular weight is 239 g/mol. The molecular weight excluding hydrogens is 210 g/mol. The minimum atomic E-state index is 0.266. The van der Waals surface area contributed by atoms with Crippen LogP contribution in [0.25, 0.3) is 0 Å². The lowest BCUT2D eigenvalue weighted by atomic mass is 9.69. The van der Waals surface area contributed by atoms with Crippen molar-refractivity contribution in [1.82, 2.24) is 5.32 Å². The van der Waals surface area contributed by atoms with Crippen LogP contribution in [0.3, 0.4) is 0 Å². The van der Waals surface area contributed by atoms with E-state index in [-0.39, 0.29) is 11.8 Å². The summed E-state index contributed by atoms with van der Waals surface area (Å²) in [7, 11) is 0. The van der Waals surface area contributed by atoms with Gasteiger partial charge in [-0.1, -0.05) is 27.7 Å². The standard InChI is InChI=1S/C15H29NO/c1-6-11(2)16-14(17)12-7-9-13(10-8-12)15(3,4)5/h11-13H,6-10H2,1-5H3,(H,16,17). The van der Waals surface area contributed by atoms with Crippen molar-refractivity contribution in [2.75, 3.05) is 0 Å². The maximum Gasteiger partial charge on any atom is 0.223 e. The quantitative estimate of drug-likeness (QED) is 0.798. The van der Waals surface area contributed by atoms with Gasteiger partial charge in [0, 0.05) is 12.0 Å².